The van der Waals surface area contributed by atoms with Crippen LogP contribution in [-0.4, -0.2) is 72.4 Å². The highest BCUT2D eigenvalue weighted by molar-refractivity contribution is 6.30. The number of anilines is 1. The number of pyridine rings is 1. The zero-order chi connectivity index (χ0) is 27.6. The normalized spacial score (nSPS) is 17.6. The van der Waals surface area contributed by atoms with Crippen molar-refractivity contribution in [3.8, 4) is 0 Å². The van der Waals surface area contributed by atoms with Crippen LogP contribution in [0, 0.1) is 11.8 Å². The minimum absolute atomic E-state index is 0.0796. The van der Waals surface area contributed by atoms with E-state index in [9.17, 15) is 9.59 Å². The molecule has 1 aromatic heterocycles. The third-order valence-electron chi connectivity index (χ3n) is 7.46. The van der Waals surface area contributed by atoms with E-state index in [0.29, 0.717) is 29.3 Å². The Morgan fingerprint density at radius 3 is 2.46 bits per heavy atom. The van der Waals surface area contributed by atoms with Crippen LogP contribution in [0.5, 0.6) is 0 Å². The van der Waals surface area contributed by atoms with Gasteiger partial charge in [-0.25, -0.2) is 9.78 Å². The molecule has 2 aliphatic rings. The molecule has 2 aromatic rings. The molecule has 0 saturated carbocycles. The summed E-state index contributed by atoms with van der Waals surface area (Å²) < 4.78 is 4.92. The molecule has 10 heteroatoms. The maximum Gasteiger partial charge on any atom is 0.412 e. The van der Waals surface area contributed by atoms with E-state index in [-0.39, 0.29) is 5.92 Å². The van der Waals surface area contributed by atoms with Crippen molar-refractivity contribution in [3.63, 3.8) is 0 Å². The predicted octanol–water partition coefficient (Wildman–Crippen LogP) is 5.19. The number of ether oxygens (including phenoxy) is 1. The van der Waals surface area contributed by atoms with Gasteiger partial charge in [-0.15, -0.1) is 0 Å². The van der Waals surface area contributed by atoms with Crippen LogP contribution in [0.4, 0.5) is 10.6 Å². The average Bonchev–Trinajstić information content (AvgIpc) is 2.94. The number of nitrogens with zero attached hydrogens (tertiary/aromatic N) is 4. The average molecular weight is 556 g/mol. The lowest BCUT2D eigenvalue weighted by Crippen LogP contribution is -2.45. The fraction of sp³-hybridized carbons (Fsp3) is 0.517. The smallest absolute Gasteiger partial charge is 0.412 e. The second-order valence-corrected chi connectivity index (χ2v) is 10.6. The molecule has 2 aliphatic heterocycles. The summed E-state index contributed by atoms with van der Waals surface area (Å²) in [5.74, 6) is 1.31. The van der Waals surface area contributed by atoms with Crippen LogP contribution in [0.2, 0.25) is 5.02 Å². The number of carbonyl (C=O) groups excluding carboxylic acids is 2. The maximum absolute atomic E-state index is 13.3. The quantitative estimate of drug-likeness (QED) is 0.338. The number of hydrogen-bond donors (Lipinski definition) is 1. The Morgan fingerprint density at radius 1 is 1.08 bits per heavy atom. The molecule has 39 heavy (non-hydrogen) atoms. The third-order valence-corrected chi connectivity index (χ3v) is 7.71. The Morgan fingerprint density at radius 2 is 1.79 bits per heavy atom. The molecule has 0 spiro atoms. The Bertz CT molecular complexity index is 1130. The Hall–Kier alpha value is -3.17. The summed E-state index contributed by atoms with van der Waals surface area (Å²) in [6.07, 6.45) is 5.66. The second-order valence-electron chi connectivity index (χ2n) is 10.1. The monoisotopic (exact) mass is 555 g/mol. The van der Waals surface area contributed by atoms with Crippen LogP contribution < -0.4 is 5.32 Å². The molecule has 0 aliphatic carbocycles. The van der Waals surface area contributed by atoms with Crippen molar-refractivity contribution in [1.29, 1.82) is 0 Å². The molecule has 0 atom stereocenters. The molecule has 9 nitrogen and oxygen atoms in total. The van der Waals surface area contributed by atoms with E-state index in [2.05, 4.69) is 25.3 Å². The number of halogens is 1. The molecule has 2 amide bonds. The predicted molar refractivity (Wildman–Crippen MR) is 152 cm³/mol. The van der Waals surface area contributed by atoms with Gasteiger partial charge < -0.3 is 14.5 Å². The standard InChI is InChI=1S/C29H38ClN5O4/c1-3-39-29(37)32-27-19-22(8-13-31-27)20-34-14-11-24(12-15-34)28(36)35-16-9-21(10-17-35)18-26(33-38-2)23-4-6-25(30)7-5-23/h4-8,13,19,21,24H,3,9-12,14-18,20H2,1-2H3,(H,31,32,37)/b33-26-. The summed E-state index contributed by atoms with van der Waals surface area (Å²) in [4.78, 5) is 38.7. The molecule has 1 aromatic carbocycles. The molecule has 0 unspecified atom stereocenters. The lowest BCUT2D eigenvalue weighted by Gasteiger charge is -2.37. The number of piperidine rings is 2. The number of amides is 2. The van der Waals surface area contributed by atoms with Crippen LogP contribution in [0.25, 0.3) is 0 Å². The molecule has 4 rings (SSSR count). The van der Waals surface area contributed by atoms with Crippen LogP contribution >= 0.6 is 11.6 Å². The Balaban J connectivity index is 1.21. The summed E-state index contributed by atoms with van der Waals surface area (Å²) in [7, 11) is 1.57. The number of hydrogen-bond acceptors (Lipinski definition) is 7. The first-order valence-corrected chi connectivity index (χ1v) is 14.1. The first-order chi connectivity index (χ1) is 18.9. The minimum Gasteiger partial charge on any atom is -0.450 e. The lowest BCUT2D eigenvalue weighted by atomic mass is 9.88. The van der Waals surface area contributed by atoms with Gasteiger partial charge in [-0.3, -0.25) is 15.0 Å². The van der Waals surface area contributed by atoms with Gasteiger partial charge in [-0.05, 0) is 93.4 Å². The number of likely N-dealkylation sites (tertiary alicyclic amines) is 2. The number of carbonyl (C=O) groups is 2. The van der Waals surface area contributed by atoms with Crippen molar-refractivity contribution in [2.45, 2.75) is 45.6 Å². The van der Waals surface area contributed by atoms with Crippen molar-refractivity contribution >= 4 is 35.1 Å². The molecule has 2 fully saturated rings. The molecular weight excluding hydrogens is 518 g/mol. The van der Waals surface area contributed by atoms with Crippen molar-refractivity contribution in [3.05, 3.63) is 58.7 Å². The van der Waals surface area contributed by atoms with E-state index in [1.807, 2.05) is 36.4 Å². The Kier molecular flexibility index (Phi) is 10.6. The first kappa shape index (κ1) is 28.8. The summed E-state index contributed by atoms with van der Waals surface area (Å²) in [6.45, 7) is 6.15. The third kappa shape index (κ3) is 8.41. The van der Waals surface area contributed by atoms with Crippen LogP contribution in [0.3, 0.4) is 0 Å². The van der Waals surface area contributed by atoms with E-state index in [4.69, 9.17) is 21.2 Å². The molecule has 2 saturated heterocycles. The van der Waals surface area contributed by atoms with Gasteiger partial charge in [0.1, 0.15) is 12.9 Å². The highest BCUT2D eigenvalue weighted by Gasteiger charge is 2.31. The largest absolute Gasteiger partial charge is 0.450 e. The maximum atomic E-state index is 13.3. The fourth-order valence-corrected chi connectivity index (χ4v) is 5.48. The minimum atomic E-state index is -0.504. The zero-order valence-electron chi connectivity index (χ0n) is 22.8. The highest BCUT2D eigenvalue weighted by Crippen LogP contribution is 2.27. The van der Waals surface area contributed by atoms with Crippen LogP contribution in [0.15, 0.2) is 47.8 Å². The van der Waals surface area contributed by atoms with E-state index < -0.39 is 6.09 Å². The van der Waals surface area contributed by atoms with E-state index >= 15 is 0 Å². The first-order valence-electron chi connectivity index (χ1n) is 13.7. The van der Waals surface area contributed by atoms with Crippen LogP contribution in [0.1, 0.15) is 50.2 Å². The number of nitrogens with one attached hydrogen (secondary N) is 1. The van der Waals surface area contributed by atoms with Gasteiger partial charge in [0, 0.05) is 36.8 Å². The summed E-state index contributed by atoms with van der Waals surface area (Å²) in [5, 5.41) is 7.62. The van der Waals surface area contributed by atoms with Gasteiger partial charge in [0.2, 0.25) is 5.91 Å². The van der Waals surface area contributed by atoms with Crippen molar-refractivity contribution < 1.29 is 19.2 Å². The van der Waals surface area contributed by atoms with E-state index in [0.717, 1.165) is 81.7 Å². The lowest BCUT2D eigenvalue weighted by molar-refractivity contribution is -0.138. The van der Waals surface area contributed by atoms with Gasteiger partial charge in [0.05, 0.1) is 12.3 Å². The number of rotatable bonds is 9. The van der Waals surface area contributed by atoms with Gasteiger partial charge in [0.15, 0.2) is 0 Å². The second kappa shape index (κ2) is 14.3. The van der Waals surface area contributed by atoms with Gasteiger partial charge >= 0.3 is 6.09 Å². The SMILES string of the molecule is CCOC(=O)Nc1cc(CN2CCC(C(=O)N3CCC(C/C(=N/OC)c4ccc(Cl)cc4)CC3)CC2)ccn1. The topological polar surface area (TPSA) is 96.4 Å². The summed E-state index contributed by atoms with van der Waals surface area (Å²) >= 11 is 6.04. The summed E-state index contributed by atoms with van der Waals surface area (Å²) in [6, 6.07) is 11.5. The van der Waals surface area contributed by atoms with Crippen molar-refractivity contribution in [2.75, 3.05) is 45.2 Å². The summed E-state index contributed by atoms with van der Waals surface area (Å²) in [5.41, 5.74) is 3.01. The Labute approximate surface area is 235 Å². The van der Waals surface area contributed by atoms with Crippen molar-refractivity contribution in [2.24, 2.45) is 17.0 Å². The number of aromatic nitrogens is 1. The van der Waals surface area contributed by atoms with Gasteiger partial charge in [-0.1, -0.05) is 28.9 Å². The van der Waals surface area contributed by atoms with Gasteiger partial charge in [0.25, 0.3) is 0 Å². The molecular formula is C29H38ClN5O4. The van der Waals surface area contributed by atoms with E-state index in [1.54, 1.807) is 20.2 Å². The van der Waals surface area contributed by atoms with Gasteiger partial charge in [-0.2, -0.15) is 0 Å². The molecule has 1 N–H and O–H groups in total. The molecule has 3 heterocycles. The number of benzene rings is 1. The molecule has 0 radical (unpaired) electrons. The molecule has 210 valence electrons. The molecule has 0 bridgehead atoms. The number of oxime groups is 1. The highest BCUT2D eigenvalue weighted by atomic mass is 35.5. The zero-order valence-corrected chi connectivity index (χ0v) is 23.5. The fourth-order valence-electron chi connectivity index (χ4n) is 5.36. The van der Waals surface area contributed by atoms with E-state index in [1.165, 1.54) is 0 Å². The van der Waals surface area contributed by atoms with Crippen molar-refractivity contribution in [1.82, 2.24) is 14.8 Å². The van der Waals surface area contributed by atoms with Crippen LogP contribution in [-0.2, 0) is 20.9 Å².